The van der Waals surface area contributed by atoms with E-state index in [4.69, 9.17) is 9.47 Å². The fraction of sp³-hybridized carbons (Fsp3) is 0.562. The molecule has 0 aromatic heterocycles. The normalized spacial score (nSPS) is 11.2. The van der Waals surface area contributed by atoms with Crippen LogP contribution in [0, 0.1) is 0 Å². The Labute approximate surface area is 115 Å². The summed E-state index contributed by atoms with van der Waals surface area (Å²) in [5.41, 5.74) is 0.337. The molecule has 0 unspecified atom stereocenters. The minimum Gasteiger partial charge on any atom is -0.476 e. The van der Waals surface area contributed by atoms with Crippen LogP contribution in [-0.2, 0) is 16.0 Å². The van der Waals surface area contributed by atoms with E-state index in [1.54, 1.807) is 20.8 Å². The Balaban J connectivity index is 2.64. The fourth-order valence-electron chi connectivity index (χ4n) is 1.75. The van der Waals surface area contributed by atoms with Gasteiger partial charge in [0.1, 0.15) is 5.75 Å². The van der Waals surface area contributed by atoms with Crippen LogP contribution in [-0.4, -0.2) is 18.2 Å². The van der Waals surface area contributed by atoms with Crippen molar-refractivity contribution >= 4 is 5.97 Å². The number of ether oxygens (including phenoxy) is 2. The predicted octanol–water partition coefficient (Wildman–Crippen LogP) is 3.75. The molecule has 1 aromatic carbocycles. The Kier molecular flexibility index (Phi) is 5.87. The predicted molar refractivity (Wildman–Crippen MR) is 76.4 cm³/mol. The Morgan fingerprint density at radius 1 is 1.16 bits per heavy atom. The zero-order chi connectivity index (χ0) is 14.3. The van der Waals surface area contributed by atoms with Crippen molar-refractivity contribution in [2.75, 3.05) is 6.61 Å². The highest BCUT2D eigenvalue weighted by Gasteiger charge is 2.31. The van der Waals surface area contributed by atoms with Crippen molar-refractivity contribution in [3.63, 3.8) is 0 Å². The average Bonchev–Trinajstić information content (AvgIpc) is 2.38. The Morgan fingerprint density at radius 3 is 2.32 bits per heavy atom. The molecule has 19 heavy (non-hydrogen) atoms. The number of esters is 1. The van der Waals surface area contributed by atoms with Gasteiger partial charge in [0, 0.05) is 0 Å². The average molecular weight is 264 g/mol. The van der Waals surface area contributed by atoms with E-state index < -0.39 is 5.60 Å². The molecule has 0 aliphatic carbocycles. The maximum atomic E-state index is 11.7. The molecule has 1 rings (SSSR count). The third-order valence-corrected chi connectivity index (χ3v) is 2.88. The first-order chi connectivity index (χ1) is 8.99. The quantitative estimate of drug-likeness (QED) is 0.704. The van der Waals surface area contributed by atoms with Gasteiger partial charge in [0.25, 0.3) is 0 Å². The Bertz CT molecular complexity index is 393. The lowest BCUT2D eigenvalue weighted by molar-refractivity contribution is -0.158. The van der Waals surface area contributed by atoms with Crippen LogP contribution >= 0.6 is 0 Å². The molecular formula is C16H24O3. The smallest absolute Gasteiger partial charge is 0.349 e. The van der Waals surface area contributed by atoms with Gasteiger partial charge in [-0.25, -0.2) is 4.79 Å². The summed E-state index contributed by atoms with van der Waals surface area (Å²) in [4.78, 5) is 11.7. The number of carbonyl (C=O) groups excluding carboxylic acids is 1. The number of carbonyl (C=O) groups is 1. The second-order valence-electron chi connectivity index (χ2n) is 5.08. The van der Waals surface area contributed by atoms with Crippen molar-refractivity contribution in [3.05, 3.63) is 29.8 Å². The summed E-state index contributed by atoms with van der Waals surface area (Å²) in [5.74, 6) is 0.350. The van der Waals surface area contributed by atoms with Gasteiger partial charge in [0.05, 0.1) is 6.61 Å². The zero-order valence-corrected chi connectivity index (χ0v) is 12.4. The van der Waals surface area contributed by atoms with Crippen molar-refractivity contribution in [1.82, 2.24) is 0 Å². The summed E-state index contributed by atoms with van der Waals surface area (Å²) in [6.07, 6.45) is 3.46. The highest BCUT2D eigenvalue weighted by molar-refractivity contribution is 5.79. The molecule has 0 N–H and O–H groups in total. The highest BCUT2D eigenvalue weighted by atomic mass is 16.6. The van der Waals surface area contributed by atoms with Gasteiger partial charge < -0.3 is 9.47 Å². The van der Waals surface area contributed by atoms with Gasteiger partial charge >= 0.3 is 5.97 Å². The number of unbranched alkanes of at least 4 members (excludes halogenated alkanes) is 1. The molecule has 0 saturated carbocycles. The van der Waals surface area contributed by atoms with Crippen molar-refractivity contribution in [2.45, 2.75) is 52.6 Å². The number of hydrogen-bond donors (Lipinski definition) is 0. The first kappa shape index (κ1) is 15.5. The van der Waals surface area contributed by atoms with Crippen molar-refractivity contribution in [2.24, 2.45) is 0 Å². The van der Waals surface area contributed by atoms with Gasteiger partial charge in [-0.05, 0) is 51.3 Å². The van der Waals surface area contributed by atoms with Crippen molar-refractivity contribution < 1.29 is 14.3 Å². The van der Waals surface area contributed by atoms with Gasteiger partial charge in [-0.15, -0.1) is 0 Å². The summed E-state index contributed by atoms with van der Waals surface area (Å²) in [6, 6.07) is 7.91. The molecule has 0 atom stereocenters. The van der Waals surface area contributed by atoms with Crippen LogP contribution in [0.5, 0.6) is 5.75 Å². The molecule has 106 valence electrons. The van der Waals surface area contributed by atoms with Gasteiger partial charge in [-0.1, -0.05) is 25.5 Å². The summed E-state index contributed by atoms with van der Waals surface area (Å²) in [5, 5.41) is 0. The lowest BCUT2D eigenvalue weighted by Crippen LogP contribution is -2.39. The van der Waals surface area contributed by atoms with Gasteiger partial charge in [-0.3, -0.25) is 0 Å². The van der Waals surface area contributed by atoms with E-state index in [0.717, 1.165) is 6.42 Å². The Morgan fingerprint density at radius 2 is 1.79 bits per heavy atom. The minimum atomic E-state index is -0.957. The molecule has 3 heteroatoms. The minimum absolute atomic E-state index is 0.343. The standard InChI is InChI=1S/C16H24O3/c1-5-7-8-13-9-11-14(12-10-13)19-16(3,4)15(17)18-6-2/h9-12H,5-8H2,1-4H3. The molecule has 1 aromatic rings. The van der Waals surface area contributed by atoms with Crippen LogP contribution in [0.4, 0.5) is 0 Å². The molecule has 0 aliphatic rings. The summed E-state index contributed by atoms with van der Waals surface area (Å²) in [6.45, 7) is 7.77. The lowest BCUT2D eigenvalue weighted by atomic mass is 10.1. The van der Waals surface area contributed by atoms with Crippen LogP contribution in [0.2, 0.25) is 0 Å². The number of hydrogen-bond acceptors (Lipinski definition) is 3. The lowest BCUT2D eigenvalue weighted by Gasteiger charge is -2.24. The van der Waals surface area contributed by atoms with Gasteiger partial charge in [0.2, 0.25) is 0 Å². The van der Waals surface area contributed by atoms with E-state index in [0.29, 0.717) is 12.4 Å². The van der Waals surface area contributed by atoms with Crippen molar-refractivity contribution in [3.8, 4) is 5.75 Å². The summed E-state index contributed by atoms with van der Waals surface area (Å²) in [7, 11) is 0. The van der Waals surface area contributed by atoms with E-state index in [1.807, 2.05) is 24.3 Å². The topological polar surface area (TPSA) is 35.5 Å². The monoisotopic (exact) mass is 264 g/mol. The number of rotatable bonds is 7. The fourth-order valence-corrected chi connectivity index (χ4v) is 1.75. The van der Waals surface area contributed by atoms with E-state index in [-0.39, 0.29) is 5.97 Å². The molecule has 0 saturated heterocycles. The molecule has 0 radical (unpaired) electrons. The second kappa shape index (κ2) is 7.17. The third-order valence-electron chi connectivity index (χ3n) is 2.88. The first-order valence-corrected chi connectivity index (χ1v) is 6.94. The largest absolute Gasteiger partial charge is 0.476 e. The van der Waals surface area contributed by atoms with Crippen LogP contribution in [0.1, 0.15) is 46.1 Å². The molecule has 0 fully saturated rings. The molecule has 3 nitrogen and oxygen atoms in total. The van der Waals surface area contributed by atoms with Gasteiger partial charge in [0.15, 0.2) is 5.60 Å². The van der Waals surface area contributed by atoms with Crippen molar-refractivity contribution in [1.29, 1.82) is 0 Å². The molecule has 0 heterocycles. The maximum absolute atomic E-state index is 11.7. The van der Waals surface area contributed by atoms with Crippen LogP contribution in [0.25, 0.3) is 0 Å². The van der Waals surface area contributed by atoms with E-state index in [2.05, 4.69) is 6.92 Å². The van der Waals surface area contributed by atoms with E-state index in [9.17, 15) is 4.79 Å². The third kappa shape index (κ3) is 4.93. The SMILES string of the molecule is CCCCc1ccc(OC(C)(C)C(=O)OCC)cc1. The van der Waals surface area contributed by atoms with Crippen LogP contribution in [0.3, 0.4) is 0 Å². The molecule has 0 spiro atoms. The molecule has 0 aliphatic heterocycles. The van der Waals surface area contributed by atoms with E-state index >= 15 is 0 Å². The number of aryl methyl sites for hydroxylation is 1. The molecular weight excluding hydrogens is 240 g/mol. The Hall–Kier alpha value is -1.51. The van der Waals surface area contributed by atoms with Crippen LogP contribution < -0.4 is 4.74 Å². The summed E-state index contributed by atoms with van der Waals surface area (Å²) < 4.78 is 10.7. The number of benzene rings is 1. The zero-order valence-electron chi connectivity index (χ0n) is 12.4. The van der Waals surface area contributed by atoms with Crippen LogP contribution in [0.15, 0.2) is 24.3 Å². The molecule has 0 amide bonds. The highest BCUT2D eigenvalue weighted by Crippen LogP contribution is 2.20. The second-order valence-corrected chi connectivity index (χ2v) is 5.08. The maximum Gasteiger partial charge on any atom is 0.349 e. The summed E-state index contributed by atoms with van der Waals surface area (Å²) >= 11 is 0. The first-order valence-electron chi connectivity index (χ1n) is 6.94. The van der Waals surface area contributed by atoms with E-state index in [1.165, 1.54) is 18.4 Å². The molecule has 0 bridgehead atoms. The van der Waals surface area contributed by atoms with Gasteiger partial charge in [-0.2, -0.15) is 0 Å².